The predicted molar refractivity (Wildman–Crippen MR) is 68.5 cm³/mol. The monoisotopic (exact) mass is 229 g/mol. The lowest BCUT2D eigenvalue weighted by Gasteiger charge is -2.42. The van der Waals surface area contributed by atoms with Crippen LogP contribution in [0.2, 0.25) is 0 Å². The van der Waals surface area contributed by atoms with Crippen molar-refractivity contribution in [3.05, 3.63) is 47.8 Å². The predicted octanol–water partition coefficient (Wildman–Crippen LogP) is 3.36. The van der Waals surface area contributed by atoms with Crippen LogP contribution in [-0.4, -0.2) is 6.54 Å². The van der Waals surface area contributed by atoms with Crippen LogP contribution < -0.4 is 5.73 Å². The zero-order valence-electron chi connectivity index (χ0n) is 9.75. The Labute approximate surface area is 100 Å². The number of rotatable bonds is 2. The first kappa shape index (κ1) is 10.7. The van der Waals surface area contributed by atoms with Gasteiger partial charge in [-0.15, -0.1) is 0 Å². The lowest BCUT2D eigenvalue weighted by atomic mass is 9.63. The van der Waals surface area contributed by atoms with Crippen LogP contribution in [0.1, 0.15) is 24.8 Å². The summed E-state index contributed by atoms with van der Waals surface area (Å²) in [7, 11) is 0. The summed E-state index contributed by atoms with van der Waals surface area (Å²) in [5.74, 6) is -0.127. The standard InChI is InChI=1S/C15H16FN/c16-13-7-2-5-11-4-1-6-12(14(11)13)15(10-17)8-3-9-15/h1-2,4-7H,3,8-10,17H2. The Hall–Kier alpha value is -1.41. The lowest BCUT2D eigenvalue weighted by molar-refractivity contribution is 0.255. The molecular formula is C15H16FN. The summed E-state index contributed by atoms with van der Waals surface area (Å²) in [4.78, 5) is 0. The largest absolute Gasteiger partial charge is 0.330 e. The van der Waals surface area contributed by atoms with E-state index in [1.807, 2.05) is 24.3 Å². The maximum atomic E-state index is 14.0. The SMILES string of the molecule is NCC1(c2cccc3cccc(F)c23)CCC1. The molecule has 2 heteroatoms. The van der Waals surface area contributed by atoms with E-state index in [-0.39, 0.29) is 11.2 Å². The van der Waals surface area contributed by atoms with E-state index in [2.05, 4.69) is 0 Å². The highest BCUT2D eigenvalue weighted by atomic mass is 19.1. The number of halogens is 1. The van der Waals surface area contributed by atoms with Crippen molar-refractivity contribution in [3.8, 4) is 0 Å². The van der Waals surface area contributed by atoms with E-state index in [1.165, 1.54) is 12.5 Å². The molecule has 3 rings (SSSR count). The molecule has 0 bridgehead atoms. The highest BCUT2D eigenvalue weighted by Gasteiger charge is 2.38. The first-order chi connectivity index (χ1) is 8.27. The van der Waals surface area contributed by atoms with Crippen LogP contribution in [0.4, 0.5) is 4.39 Å². The van der Waals surface area contributed by atoms with E-state index >= 15 is 0 Å². The van der Waals surface area contributed by atoms with Crippen LogP contribution in [0, 0.1) is 5.82 Å². The van der Waals surface area contributed by atoms with Crippen molar-refractivity contribution in [2.75, 3.05) is 6.54 Å². The van der Waals surface area contributed by atoms with Gasteiger partial charge in [-0.2, -0.15) is 0 Å². The molecule has 0 atom stereocenters. The molecule has 1 aliphatic carbocycles. The van der Waals surface area contributed by atoms with Gasteiger partial charge in [0.1, 0.15) is 5.82 Å². The summed E-state index contributed by atoms with van der Waals surface area (Å²) < 4.78 is 14.0. The molecule has 1 saturated carbocycles. The summed E-state index contributed by atoms with van der Waals surface area (Å²) in [5, 5.41) is 1.74. The molecule has 0 saturated heterocycles. The Morgan fingerprint density at radius 3 is 2.41 bits per heavy atom. The summed E-state index contributed by atoms with van der Waals surface area (Å²) >= 11 is 0. The van der Waals surface area contributed by atoms with Gasteiger partial charge in [-0.1, -0.05) is 36.8 Å². The minimum Gasteiger partial charge on any atom is -0.330 e. The molecule has 0 heterocycles. The zero-order chi connectivity index (χ0) is 11.9. The summed E-state index contributed by atoms with van der Waals surface area (Å²) in [5.41, 5.74) is 7.03. The van der Waals surface area contributed by atoms with E-state index < -0.39 is 0 Å². The van der Waals surface area contributed by atoms with Gasteiger partial charge in [0.05, 0.1) is 0 Å². The second-order valence-corrected chi connectivity index (χ2v) is 4.98. The highest BCUT2D eigenvalue weighted by molar-refractivity contribution is 5.87. The number of hydrogen-bond donors (Lipinski definition) is 1. The van der Waals surface area contributed by atoms with Crippen molar-refractivity contribution in [3.63, 3.8) is 0 Å². The van der Waals surface area contributed by atoms with Gasteiger partial charge in [0.2, 0.25) is 0 Å². The third kappa shape index (κ3) is 1.48. The normalized spacial score (nSPS) is 18.0. The molecule has 1 nitrogen and oxygen atoms in total. The molecule has 0 spiro atoms. The minimum atomic E-state index is -0.127. The van der Waals surface area contributed by atoms with Crippen molar-refractivity contribution in [2.45, 2.75) is 24.7 Å². The number of hydrogen-bond acceptors (Lipinski definition) is 1. The van der Waals surface area contributed by atoms with Crippen molar-refractivity contribution in [1.82, 2.24) is 0 Å². The van der Waals surface area contributed by atoms with Crippen LogP contribution >= 0.6 is 0 Å². The fourth-order valence-corrected chi connectivity index (χ4v) is 2.92. The van der Waals surface area contributed by atoms with E-state index in [1.54, 1.807) is 6.07 Å². The Bertz CT molecular complexity index is 547. The van der Waals surface area contributed by atoms with Crippen LogP contribution in [0.15, 0.2) is 36.4 Å². The third-order valence-corrected chi connectivity index (χ3v) is 4.13. The molecule has 1 fully saturated rings. The quantitative estimate of drug-likeness (QED) is 0.839. The van der Waals surface area contributed by atoms with Gasteiger partial charge in [-0.25, -0.2) is 4.39 Å². The number of fused-ring (bicyclic) bond motifs is 1. The van der Waals surface area contributed by atoms with E-state index in [9.17, 15) is 4.39 Å². The fraction of sp³-hybridized carbons (Fsp3) is 0.333. The van der Waals surface area contributed by atoms with Crippen LogP contribution in [0.25, 0.3) is 10.8 Å². The first-order valence-electron chi connectivity index (χ1n) is 6.15. The number of nitrogens with two attached hydrogens (primary N) is 1. The van der Waals surface area contributed by atoms with Gasteiger partial charge in [-0.05, 0) is 29.9 Å². The summed E-state index contributed by atoms with van der Waals surface area (Å²) in [6.07, 6.45) is 3.36. The van der Waals surface area contributed by atoms with Crippen molar-refractivity contribution in [2.24, 2.45) is 5.73 Å². The fourth-order valence-electron chi connectivity index (χ4n) is 2.92. The summed E-state index contributed by atoms with van der Waals surface area (Å²) in [6.45, 7) is 0.612. The summed E-state index contributed by atoms with van der Waals surface area (Å²) in [6, 6.07) is 11.3. The Morgan fingerprint density at radius 2 is 1.82 bits per heavy atom. The maximum Gasteiger partial charge on any atom is 0.131 e. The van der Waals surface area contributed by atoms with E-state index in [0.29, 0.717) is 6.54 Å². The van der Waals surface area contributed by atoms with E-state index in [0.717, 1.165) is 29.2 Å². The van der Waals surface area contributed by atoms with Crippen LogP contribution in [-0.2, 0) is 5.41 Å². The van der Waals surface area contributed by atoms with Crippen molar-refractivity contribution >= 4 is 10.8 Å². The maximum absolute atomic E-state index is 14.0. The van der Waals surface area contributed by atoms with Crippen molar-refractivity contribution in [1.29, 1.82) is 0 Å². The highest BCUT2D eigenvalue weighted by Crippen LogP contribution is 2.45. The first-order valence-corrected chi connectivity index (χ1v) is 6.15. The zero-order valence-corrected chi connectivity index (χ0v) is 9.75. The molecule has 0 radical (unpaired) electrons. The Morgan fingerprint density at radius 1 is 1.12 bits per heavy atom. The van der Waals surface area contributed by atoms with Gasteiger partial charge < -0.3 is 5.73 Å². The molecule has 1 aliphatic rings. The van der Waals surface area contributed by atoms with Gasteiger partial charge in [0, 0.05) is 17.3 Å². The average Bonchev–Trinajstić information content (AvgIpc) is 2.29. The molecular weight excluding hydrogens is 213 g/mol. The third-order valence-electron chi connectivity index (χ3n) is 4.13. The molecule has 0 unspecified atom stereocenters. The molecule has 88 valence electrons. The van der Waals surface area contributed by atoms with Crippen LogP contribution in [0.5, 0.6) is 0 Å². The van der Waals surface area contributed by atoms with Gasteiger partial charge in [-0.3, -0.25) is 0 Å². The van der Waals surface area contributed by atoms with Gasteiger partial charge in [0.25, 0.3) is 0 Å². The molecule has 0 aliphatic heterocycles. The second kappa shape index (κ2) is 3.81. The molecule has 17 heavy (non-hydrogen) atoms. The number of benzene rings is 2. The van der Waals surface area contributed by atoms with Crippen molar-refractivity contribution < 1.29 is 4.39 Å². The van der Waals surface area contributed by atoms with E-state index in [4.69, 9.17) is 5.73 Å². The lowest BCUT2D eigenvalue weighted by Crippen LogP contribution is -2.41. The topological polar surface area (TPSA) is 26.0 Å². The molecule has 0 aromatic heterocycles. The van der Waals surface area contributed by atoms with Crippen LogP contribution in [0.3, 0.4) is 0 Å². The smallest absolute Gasteiger partial charge is 0.131 e. The molecule has 0 amide bonds. The van der Waals surface area contributed by atoms with Gasteiger partial charge in [0.15, 0.2) is 0 Å². The van der Waals surface area contributed by atoms with Gasteiger partial charge >= 0.3 is 0 Å². The molecule has 2 N–H and O–H groups in total. The molecule has 2 aromatic carbocycles. The Balaban J connectivity index is 2.29. The molecule has 2 aromatic rings. The minimum absolute atomic E-state index is 0.0156. The Kier molecular flexibility index (Phi) is 2.40. The average molecular weight is 229 g/mol. The second-order valence-electron chi connectivity index (χ2n) is 4.98.